The number of hydrogen-bond acceptors (Lipinski definition) is 4. The number of carbonyl (C=O) groups excluding carboxylic acids is 1. The molecule has 0 aromatic heterocycles. The first-order valence-electron chi connectivity index (χ1n) is 8.16. The van der Waals surface area contributed by atoms with Gasteiger partial charge in [-0.15, -0.1) is 0 Å². The summed E-state index contributed by atoms with van der Waals surface area (Å²) in [5.41, 5.74) is 0.944. The summed E-state index contributed by atoms with van der Waals surface area (Å²) in [5, 5.41) is 3.20. The van der Waals surface area contributed by atoms with Crippen LogP contribution < -0.4 is 19.5 Å². The van der Waals surface area contributed by atoms with Gasteiger partial charge in [-0.05, 0) is 36.4 Å². The second kappa shape index (κ2) is 8.47. The predicted molar refractivity (Wildman–Crippen MR) is 105 cm³/mol. The van der Waals surface area contributed by atoms with Crippen LogP contribution in [-0.4, -0.2) is 20.1 Å². The summed E-state index contributed by atoms with van der Waals surface area (Å²) in [4.78, 5) is 12.6. The molecule has 1 N–H and O–H groups in total. The lowest BCUT2D eigenvalue weighted by atomic mass is 10.2. The fraction of sp³-hybridized carbons (Fsp3) is 0.0952. The van der Waals surface area contributed by atoms with Crippen LogP contribution in [0, 0.1) is 0 Å². The standard InChI is InChI=1S/C21H18ClNO4/c1-25-19-13-18(20(26-2)12-17(19)22)23-21(24)14-8-10-16(11-9-14)27-15-6-4-3-5-7-15/h3-13H,1-2H3,(H,23,24). The van der Waals surface area contributed by atoms with Crippen molar-refractivity contribution >= 4 is 23.2 Å². The summed E-state index contributed by atoms with van der Waals surface area (Å²) < 4.78 is 16.2. The van der Waals surface area contributed by atoms with Gasteiger partial charge in [0.25, 0.3) is 5.91 Å². The van der Waals surface area contributed by atoms with Crippen molar-refractivity contribution < 1.29 is 19.0 Å². The normalized spacial score (nSPS) is 10.2. The highest BCUT2D eigenvalue weighted by Crippen LogP contribution is 2.36. The fourth-order valence-corrected chi connectivity index (χ4v) is 2.68. The fourth-order valence-electron chi connectivity index (χ4n) is 2.45. The van der Waals surface area contributed by atoms with E-state index in [9.17, 15) is 4.79 Å². The highest BCUT2D eigenvalue weighted by molar-refractivity contribution is 6.32. The number of nitrogens with one attached hydrogen (secondary N) is 1. The van der Waals surface area contributed by atoms with Crippen LogP contribution in [0.15, 0.2) is 66.7 Å². The largest absolute Gasteiger partial charge is 0.495 e. The maximum absolute atomic E-state index is 12.6. The lowest BCUT2D eigenvalue weighted by Gasteiger charge is -2.13. The third-order valence-electron chi connectivity index (χ3n) is 3.82. The number of ether oxygens (including phenoxy) is 3. The minimum Gasteiger partial charge on any atom is -0.495 e. The molecule has 0 radical (unpaired) electrons. The Morgan fingerprint density at radius 2 is 1.48 bits per heavy atom. The molecule has 0 spiro atoms. The monoisotopic (exact) mass is 383 g/mol. The lowest BCUT2D eigenvalue weighted by molar-refractivity contribution is 0.102. The molecule has 0 atom stereocenters. The molecule has 6 heteroatoms. The molecule has 3 aromatic carbocycles. The smallest absolute Gasteiger partial charge is 0.255 e. The Balaban J connectivity index is 1.75. The van der Waals surface area contributed by atoms with E-state index in [4.69, 9.17) is 25.8 Å². The van der Waals surface area contributed by atoms with Gasteiger partial charge in [-0.25, -0.2) is 0 Å². The van der Waals surface area contributed by atoms with Crippen LogP contribution in [0.4, 0.5) is 5.69 Å². The number of carbonyl (C=O) groups is 1. The second-order valence-electron chi connectivity index (χ2n) is 5.58. The highest BCUT2D eigenvalue weighted by Gasteiger charge is 2.14. The number of methoxy groups -OCH3 is 2. The average Bonchev–Trinajstić information content (AvgIpc) is 2.70. The Morgan fingerprint density at radius 3 is 2.11 bits per heavy atom. The van der Waals surface area contributed by atoms with Gasteiger partial charge in [0.2, 0.25) is 0 Å². The van der Waals surface area contributed by atoms with Crippen LogP contribution in [0.25, 0.3) is 0 Å². The van der Waals surface area contributed by atoms with Gasteiger partial charge in [-0.3, -0.25) is 4.79 Å². The van der Waals surface area contributed by atoms with Crippen molar-refractivity contribution in [3.63, 3.8) is 0 Å². The van der Waals surface area contributed by atoms with Crippen LogP contribution in [0.2, 0.25) is 5.02 Å². The topological polar surface area (TPSA) is 56.8 Å². The molecule has 0 unspecified atom stereocenters. The van der Waals surface area contributed by atoms with Gasteiger partial charge < -0.3 is 19.5 Å². The maximum Gasteiger partial charge on any atom is 0.255 e. The average molecular weight is 384 g/mol. The molecule has 0 aliphatic heterocycles. The van der Waals surface area contributed by atoms with Crippen LogP contribution in [0.5, 0.6) is 23.0 Å². The van der Waals surface area contributed by atoms with Crippen LogP contribution >= 0.6 is 11.6 Å². The maximum atomic E-state index is 12.6. The van der Waals surface area contributed by atoms with Crippen molar-refractivity contribution in [1.82, 2.24) is 0 Å². The molecule has 0 heterocycles. The Morgan fingerprint density at radius 1 is 0.852 bits per heavy atom. The zero-order chi connectivity index (χ0) is 19.2. The highest BCUT2D eigenvalue weighted by atomic mass is 35.5. The third kappa shape index (κ3) is 4.51. The lowest BCUT2D eigenvalue weighted by Crippen LogP contribution is -2.12. The van der Waals surface area contributed by atoms with Crippen LogP contribution in [-0.2, 0) is 0 Å². The van der Waals surface area contributed by atoms with Gasteiger partial charge >= 0.3 is 0 Å². The molecule has 0 saturated carbocycles. The molecule has 0 fully saturated rings. The molecule has 1 amide bonds. The summed E-state index contributed by atoms with van der Waals surface area (Å²) in [6.45, 7) is 0. The minimum absolute atomic E-state index is 0.288. The van der Waals surface area contributed by atoms with Crippen molar-refractivity contribution in [2.24, 2.45) is 0 Å². The van der Waals surface area contributed by atoms with E-state index in [1.807, 2.05) is 30.3 Å². The van der Waals surface area contributed by atoms with Crippen molar-refractivity contribution in [2.45, 2.75) is 0 Å². The number of amides is 1. The first-order valence-corrected chi connectivity index (χ1v) is 8.54. The molecular formula is C21H18ClNO4. The number of anilines is 1. The number of halogens is 1. The van der Waals surface area contributed by atoms with Crippen molar-refractivity contribution in [1.29, 1.82) is 0 Å². The van der Waals surface area contributed by atoms with E-state index in [0.29, 0.717) is 33.5 Å². The van der Waals surface area contributed by atoms with E-state index >= 15 is 0 Å². The molecule has 3 aromatic rings. The molecule has 27 heavy (non-hydrogen) atoms. The van der Waals surface area contributed by atoms with E-state index in [-0.39, 0.29) is 5.91 Å². The minimum atomic E-state index is -0.288. The SMILES string of the molecule is COc1cc(NC(=O)c2ccc(Oc3ccccc3)cc2)c(OC)cc1Cl. The van der Waals surface area contributed by atoms with Crippen molar-refractivity contribution in [2.75, 3.05) is 19.5 Å². The van der Waals surface area contributed by atoms with E-state index in [0.717, 1.165) is 5.75 Å². The Hall–Kier alpha value is -3.18. The molecular weight excluding hydrogens is 366 g/mol. The second-order valence-corrected chi connectivity index (χ2v) is 5.99. The van der Waals surface area contributed by atoms with E-state index < -0.39 is 0 Å². The molecule has 138 valence electrons. The summed E-state index contributed by atoms with van der Waals surface area (Å²) in [6.07, 6.45) is 0. The third-order valence-corrected chi connectivity index (χ3v) is 4.11. The first-order chi connectivity index (χ1) is 13.1. The quantitative estimate of drug-likeness (QED) is 0.619. The van der Waals surface area contributed by atoms with Gasteiger partial charge in [0, 0.05) is 17.7 Å². The molecule has 0 bridgehead atoms. The molecule has 3 rings (SSSR count). The van der Waals surface area contributed by atoms with Gasteiger partial charge in [-0.1, -0.05) is 29.8 Å². The first kappa shape index (κ1) is 18.6. The van der Waals surface area contributed by atoms with E-state index in [1.54, 1.807) is 36.4 Å². The van der Waals surface area contributed by atoms with Crippen LogP contribution in [0.3, 0.4) is 0 Å². The van der Waals surface area contributed by atoms with E-state index in [2.05, 4.69) is 5.32 Å². The zero-order valence-corrected chi connectivity index (χ0v) is 15.6. The molecule has 5 nitrogen and oxygen atoms in total. The van der Waals surface area contributed by atoms with Gasteiger partial charge in [0.05, 0.1) is 24.9 Å². The summed E-state index contributed by atoms with van der Waals surface area (Å²) >= 11 is 6.09. The zero-order valence-electron chi connectivity index (χ0n) is 14.9. The summed E-state index contributed by atoms with van der Waals surface area (Å²) in [6, 6.07) is 19.5. The van der Waals surface area contributed by atoms with Gasteiger partial charge in [0.15, 0.2) is 0 Å². The summed E-state index contributed by atoms with van der Waals surface area (Å²) in [5.74, 6) is 1.97. The van der Waals surface area contributed by atoms with Crippen molar-refractivity contribution in [3.05, 3.63) is 77.3 Å². The molecule has 0 aliphatic rings. The summed E-state index contributed by atoms with van der Waals surface area (Å²) in [7, 11) is 3.01. The van der Waals surface area contributed by atoms with Crippen molar-refractivity contribution in [3.8, 4) is 23.0 Å². The van der Waals surface area contributed by atoms with E-state index in [1.165, 1.54) is 14.2 Å². The predicted octanol–water partition coefficient (Wildman–Crippen LogP) is 5.40. The number of rotatable bonds is 6. The Kier molecular flexibility index (Phi) is 5.84. The molecule has 0 aliphatic carbocycles. The van der Waals surface area contributed by atoms with Gasteiger partial charge in [-0.2, -0.15) is 0 Å². The Labute approximate surface area is 162 Å². The van der Waals surface area contributed by atoms with Gasteiger partial charge in [0.1, 0.15) is 23.0 Å². The molecule has 0 saturated heterocycles. The van der Waals surface area contributed by atoms with Crippen LogP contribution in [0.1, 0.15) is 10.4 Å². The Bertz CT molecular complexity index is 927. The number of hydrogen-bond donors (Lipinski definition) is 1. The number of para-hydroxylation sites is 1. The number of benzene rings is 3.